The molecule has 0 bridgehead atoms. The first-order chi connectivity index (χ1) is 18.0. The van der Waals surface area contributed by atoms with Crippen molar-refractivity contribution in [3.05, 3.63) is 29.6 Å². The van der Waals surface area contributed by atoms with Gasteiger partial charge in [0.1, 0.15) is 17.2 Å². The number of hydrogen-bond acceptors (Lipinski definition) is 10. The number of ether oxygens (including phenoxy) is 2. The Morgan fingerprint density at radius 2 is 1.95 bits per heavy atom. The maximum Gasteiger partial charge on any atom is 0.228 e. The predicted octanol–water partition coefficient (Wildman–Crippen LogP) is 3.35. The molecule has 10 heteroatoms. The van der Waals surface area contributed by atoms with Crippen LogP contribution in [0.15, 0.2) is 18.3 Å². The Hall–Kier alpha value is -2.82. The number of pyridine rings is 1. The van der Waals surface area contributed by atoms with Crippen LogP contribution in [0, 0.1) is 24.2 Å². The fraction of sp³-hybridized carbons (Fsp3) is 0.630. The molecule has 5 rings (SSSR count). The van der Waals surface area contributed by atoms with Crippen LogP contribution in [-0.4, -0.2) is 79.3 Å². The summed E-state index contributed by atoms with van der Waals surface area (Å²) >= 11 is 0. The second kappa shape index (κ2) is 12.1. The molecule has 2 aliphatic carbocycles. The minimum atomic E-state index is 0.222. The van der Waals surface area contributed by atoms with Crippen molar-refractivity contribution in [2.45, 2.75) is 45.6 Å². The van der Waals surface area contributed by atoms with E-state index in [4.69, 9.17) is 24.9 Å². The number of rotatable bonds is 14. The number of aromatic nitrogens is 3. The van der Waals surface area contributed by atoms with Crippen molar-refractivity contribution < 1.29 is 9.47 Å². The molecule has 3 fully saturated rings. The van der Waals surface area contributed by atoms with Gasteiger partial charge >= 0.3 is 0 Å². The van der Waals surface area contributed by atoms with Gasteiger partial charge in [0.2, 0.25) is 5.95 Å². The molecule has 1 atom stereocenters. The molecular weight excluding hydrogens is 468 g/mol. The van der Waals surface area contributed by atoms with E-state index in [9.17, 15) is 0 Å². The van der Waals surface area contributed by atoms with Gasteiger partial charge in [0, 0.05) is 51.6 Å². The Bertz CT molecular complexity index is 1070. The van der Waals surface area contributed by atoms with E-state index in [0.29, 0.717) is 66.4 Å². The molecular formula is C27H40N8O2. The molecule has 0 amide bonds. The van der Waals surface area contributed by atoms with Crippen molar-refractivity contribution >= 4 is 29.0 Å². The summed E-state index contributed by atoms with van der Waals surface area (Å²) in [6.45, 7) is 9.58. The summed E-state index contributed by atoms with van der Waals surface area (Å²) in [6.07, 6.45) is 6.76. The average Bonchev–Trinajstić information content (AvgIpc) is 3.80. The third-order valence-corrected chi connectivity index (χ3v) is 6.89. The fourth-order valence-electron chi connectivity index (χ4n) is 4.37. The van der Waals surface area contributed by atoms with E-state index in [-0.39, 0.29) is 6.61 Å². The van der Waals surface area contributed by atoms with Crippen molar-refractivity contribution in [2.75, 3.05) is 68.1 Å². The molecule has 2 aromatic heterocycles. The van der Waals surface area contributed by atoms with Gasteiger partial charge in [-0.1, -0.05) is 0 Å². The van der Waals surface area contributed by atoms with Crippen LogP contribution in [-0.2, 0) is 9.47 Å². The number of nitrogens with zero attached hydrogens (tertiary/aromatic N) is 4. The van der Waals surface area contributed by atoms with Crippen LogP contribution in [0.25, 0.3) is 0 Å². The normalized spacial score (nSPS) is 19.6. The molecule has 0 radical (unpaired) electrons. The molecule has 3 heterocycles. The van der Waals surface area contributed by atoms with Gasteiger partial charge < -0.3 is 35.7 Å². The average molecular weight is 509 g/mol. The smallest absolute Gasteiger partial charge is 0.228 e. The highest BCUT2D eigenvalue weighted by molar-refractivity contribution is 6.04. The van der Waals surface area contributed by atoms with Gasteiger partial charge in [0.25, 0.3) is 0 Å². The molecule has 0 aromatic carbocycles. The zero-order valence-corrected chi connectivity index (χ0v) is 22.1. The number of piperazine rings is 1. The Kier molecular flexibility index (Phi) is 8.48. The third kappa shape index (κ3) is 7.59. The van der Waals surface area contributed by atoms with E-state index < -0.39 is 0 Å². The molecule has 10 nitrogen and oxygen atoms in total. The largest absolute Gasteiger partial charge is 0.379 e. The highest BCUT2D eigenvalue weighted by atomic mass is 16.5. The second-order valence-electron chi connectivity index (χ2n) is 10.6. The molecule has 0 spiro atoms. The van der Waals surface area contributed by atoms with Gasteiger partial charge in [-0.15, -0.1) is 0 Å². The predicted molar refractivity (Wildman–Crippen MR) is 146 cm³/mol. The lowest BCUT2D eigenvalue weighted by Gasteiger charge is -2.32. The summed E-state index contributed by atoms with van der Waals surface area (Å²) < 4.78 is 11.7. The van der Waals surface area contributed by atoms with Crippen LogP contribution in [0.1, 0.15) is 43.9 Å². The molecule has 3 aliphatic rings. The number of nitrogens with one attached hydrogen (secondary N) is 4. The third-order valence-electron chi connectivity index (χ3n) is 6.89. The second-order valence-corrected chi connectivity index (χ2v) is 10.6. The maximum absolute atomic E-state index is 8.92. The van der Waals surface area contributed by atoms with Gasteiger partial charge in [0.15, 0.2) is 5.82 Å². The minimum Gasteiger partial charge on any atom is -0.379 e. The van der Waals surface area contributed by atoms with E-state index in [1.807, 2.05) is 19.1 Å². The number of anilines is 4. The summed E-state index contributed by atoms with van der Waals surface area (Å²) in [4.78, 5) is 16.5. The first kappa shape index (κ1) is 25.8. The number of aryl methyl sites for hydroxylation is 1. The molecule has 4 N–H and O–H groups in total. The zero-order valence-electron chi connectivity index (χ0n) is 22.1. The maximum atomic E-state index is 8.92. The van der Waals surface area contributed by atoms with Crippen LogP contribution in [0.5, 0.6) is 0 Å². The van der Waals surface area contributed by atoms with Crippen LogP contribution >= 0.6 is 0 Å². The van der Waals surface area contributed by atoms with Crippen molar-refractivity contribution in [3.63, 3.8) is 0 Å². The van der Waals surface area contributed by atoms with Crippen molar-refractivity contribution in [1.29, 1.82) is 5.41 Å². The summed E-state index contributed by atoms with van der Waals surface area (Å²) in [6, 6.07) is 4.28. The fourth-order valence-corrected chi connectivity index (χ4v) is 4.37. The van der Waals surface area contributed by atoms with E-state index in [1.54, 1.807) is 6.20 Å². The summed E-state index contributed by atoms with van der Waals surface area (Å²) in [5.74, 6) is 3.29. The SMILES string of the molecule is Cc1ccnc(Nc2nc(N3CCNC(C)C3)nc(C(=N)COCC3CC3)c2NCCOCC2CC2)c1. The lowest BCUT2D eigenvalue weighted by Crippen LogP contribution is -2.50. The summed E-state index contributed by atoms with van der Waals surface area (Å²) in [7, 11) is 0. The Labute approximate surface area is 219 Å². The first-order valence-corrected chi connectivity index (χ1v) is 13.6. The van der Waals surface area contributed by atoms with Gasteiger partial charge in [0.05, 0.1) is 18.9 Å². The van der Waals surface area contributed by atoms with Gasteiger partial charge in [-0.3, -0.25) is 0 Å². The minimum absolute atomic E-state index is 0.222. The van der Waals surface area contributed by atoms with Crippen molar-refractivity contribution in [2.24, 2.45) is 11.8 Å². The van der Waals surface area contributed by atoms with Gasteiger partial charge in [-0.05, 0) is 69.1 Å². The first-order valence-electron chi connectivity index (χ1n) is 13.6. The van der Waals surface area contributed by atoms with Crippen molar-refractivity contribution in [1.82, 2.24) is 20.3 Å². The lowest BCUT2D eigenvalue weighted by molar-refractivity contribution is 0.134. The lowest BCUT2D eigenvalue weighted by atomic mass is 10.2. The van der Waals surface area contributed by atoms with Crippen LogP contribution in [0.2, 0.25) is 0 Å². The van der Waals surface area contributed by atoms with Gasteiger partial charge in [-0.25, -0.2) is 9.97 Å². The van der Waals surface area contributed by atoms with E-state index >= 15 is 0 Å². The molecule has 1 saturated heterocycles. The van der Waals surface area contributed by atoms with Crippen molar-refractivity contribution in [3.8, 4) is 0 Å². The molecule has 2 aromatic rings. The monoisotopic (exact) mass is 508 g/mol. The Morgan fingerprint density at radius 3 is 2.68 bits per heavy atom. The summed E-state index contributed by atoms with van der Waals surface area (Å²) in [5.41, 5.74) is 2.69. The van der Waals surface area contributed by atoms with E-state index in [0.717, 1.165) is 37.7 Å². The van der Waals surface area contributed by atoms with Crippen LogP contribution in [0.3, 0.4) is 0 Å². The van der Waals surface area contributed by atoms with E-state index in [1.165, 1.54) is 25.7 Å². The van der Waals surface area contributed by atoms with Gasteiger partial charge in [-0.2, -0.15) is 4.98 Å². The number of hydrogen-bond donors (Lipinski definition) is 4. The highest BCUT2D eigenvalue weighted by Gasteiger charge is 2.26. The molecule has 37 heavy (non-hydrogen) atoms. The molecule has 1 unspecified atom stereocenters. The Morgan fingerprint density at radius 1 is 1.16 bits per heavy atom. The Balaban J connectivity index is 1.42. The quantitative estimate of drug-likeness (QED) is 0.225. The van der Waals surface area contributed by atoms with Crippen LogP contribution < -0.4 is 20.9 Å². The summed E-state index contributed by atoms with van der Waals surface area (Å²) in [5, 5.41) is 19.3. The molecule has 2 saturated carbocycles. The van der Waals surface area contributed by atoms with E-state index in [2.05, 4.69) is 32.8 Å². The van der Waals surface area contributed by atoms with Crippen LogP contribution in [0.4, 0.5) is 23.3 Å². The molecule has 200 valence electrons. The standard InChI is InChI=1S/C27H40N8O2/c1-18-7-8-30-23(13-18)32-26-25(31-10-12-36-15-20-3-4-20)24(22(28)17-37-16-21-5-6-21)33-27(34-26)35-11-9-29-19(2)14-35/h7-8,13,19-21,28-29,31H,3-6,9-12,14-17H2,1-2H3,(H,30,32,33,34). The highest BCUT2D eigenvalue weighted by Crippen LogP contribution is 2.31. The topological polar surface area (TPSA) is 120 Å². The zero-order chi connectivity index (χ0) is 25.6. The molecule has 1 aliphatic heterocycles.